The summed E-state index contributed by atoms with van der Waals surface area (Å²) in [5.74, 6) is -1.95. The molecule has 0 aromatic heterocycles. The molecule has 0 heterocycles. The van der Waals surface area contributed by atoms with E-state index in [9.17, 15) is 28.1 Å². The zero-order valence-corrected chi connectivity index (χ0v) is 21.7. The van der Waals surface area contributed by atoms with Crippen LogP contribution in [0, 0.1) is 10.1 Å². The summed E-state index contributed by atoms with van der Waals surface area (Å²) in [6.07, 6.45) is -5.72. The summed E-state index contributed by atoms with van der Waals surface area (Å²) in [4.78, 5) is 39.5. The molecule has 210 valence electrons. The maximum Gasteiger partial charge on any atom is 0.338 e. The van der Waals surface area contributed by atoms with Gasteiger partial charge in [-0.2, -0.15) is 8.42 Å². The van der Waals surface area contributed by atoms with E-state index in [4.69, 9.17) is 13.7 Å². The van der Waals surface area contributed by atoms with Gasteiger partial charge in [0, 0.05) is 12.1 Å². The number of rotatable bonds is 13. The van der Waals surface area contributed by atoms with Crippen LogP contribution < -0.4 is 0 Å². The molecular formula is C26H23FN2O10S. The molecule has 3 aromatic carbocycles. The van der Waals surface area contributed by atoms with Gasteiger partial charge in [-0.25, -0.2) is 14.0 Å². The topological polar surface area (TPSA) is 161 Å². The summed E-state index contributed by atoms with van der Waals surface area (Å²) in [6, 6.07) is 18.9. The molecule has 12 nitrogen and oxygen atoms in total. The molecule has 0 aliphatic heterocycles. The number of benzene rings is 3. The number of oxime groups is 1. The molecule has 3 aromatic rings. The zero-order valence-electron chi connectivity index (χ0n) is 20.9. The SMILES string of the molecule is CON=C[C@@H](F)[C@H](OC(=O)c1ccccc1)[C@@H](COC(=O)c1ccccc1)OS(=O)(=O)c1cccc([N+](=O)[O-])c1. The van der Waals surface area contributed by atoms with E-state index >= 15 is 4.39 Å². The minimum atomic E-state index is -4.86. The Morgan fingerprint density at radius 1 is 0.975 bits per heavy atom. The first kappa shape index (κ1) is 29.9. The van der Waals surface area contributed by atoms with E-state index in [1.165, 1.54) is 36.4 Å². The largest absolute Gasteiger partial charge is 0.459 e. The molecule has 0 amide bonds. The number of hydrogen-bond acceptors (Lipinski definition) is 11. The third kappa shape index (κ3) is 8.15. The van der Waals surface area contributed by atoms with Crippen molar-refractivity contribution in [1.29, 1.82) is 0 Å². The Morgan fingerprint density at radius 3 is 2.15 bits per heavy atom. The highest BCUT2D eigenvalue weighted by Gasteiger charge is 2.39. The summed E-state index contributed by atoms with van der Waals surface area (Å²) < 4.78 is 57.3. The van der Waals surface area contributed by atoms with Crippen LogP contribution in [0.25, 0.3) is 0 Å². The van der Waals surface area contributed by atoms with E-state index in [2.05, 4.69) is 9.99 Å². The Hall–Kier alpha value is -4.69. The lowest BCUT2D eigenvalue weighted by Gasteiger charge is -2.27. The van der Waals surface area contributed by atoms with Crippen LogP contribution in [-0.2, 0) is 28.6 Å². The molecule has 0 fully saturated rings. The van der Waals surface area contributed by atoms with Crippen molar-refractivity contribution in [3.8, 4) is 0 Å². The Bertz CT molecular complexity index is 1450. The van der Waals surface area contributed by atoms with Gasteiger partial charge >= 0.3 is 11.9 Å². The second kappa shape index (κ2) is 13.9. The van der Waals surface area contributed by atoms with Crippen LogP contribution >= 0.6 is 0 Å². The van der Waals surface area contributed by atoms with Gasteiger partial charge in [0.1, 0.15) is 18.6 Å². The average Bonchev–Trinajstić information content (AvgIpc) is 2.97. The van der Waals surface area contributed by atoms with Crippen molar-refractivity contribution in [2.75, 3.05) is 13.7 Å². The first-order chi connectivity index (χ1) is 19.1. The second-order valence-corrected chi connectivity index (χ2v) is 9.50. The molecule has 0 bridgehead atoms. The lowest BCUT2D eigenvalue weighted by Crippen LogP contribution is -2.45. The van der Waals surface area contributed by atoms with Crippen molar-refractivity contribution in [3.05, 3.63) is 106 Å². The Balaban J connectivity index is 1.99. The van der Waals surface area contributed by atoms with Gasteiger partial charge in [0.2, 0.25) is 0 Å². The monoisotopic (exact) mass is 574 g/mol. The van der Waals surface area contributed by atoms with E-state index in [0.717, 1.165) is 31.4 Å². The van der Waals surface area contributed by atoms with Gasteiger partial charge in [-0.3, -0.25) is 14.3 Å². The van der Waals surface area contributed by atoms with Crippen molar-refractivity contribution < 1.29 is 45.8 Å². The standard InChI is InChI=1S/C26H23FN2O10S/c1-36-28-16-22(27)24(38-26(31)19-11-6-3-7-12-19)23(17-37-25(30)18-9-4-2-5-10-18)39-40(34,35)21-14-8-13-20(15-21)29(32)33/h2-16,22-24H,17H2,1H3/t22-,23-,24+/m1/s1. The fourth-order valence-corrected chi connectivity index (χ4v) is 4.39. The number of carbonyl (C=O) groups is 2. The van der Waals surface area contributed by atoms with Crippen molar-refractivity contribution in [2.45, 2.75) is 23.3 Å². The molecular weight excluding hydrogens is 551 g/mol. The number of alkyl halides is 1. The number of nitro benzene ring substituents is 1. The van der Waals surface area contributed by atoms with Gasteiger partial charge < -0.3 is 14.3 Å². The van der Waals surface area contributed by atoms with Crippen LogP contribution in [0.1, 0.15) is 20.7 Å². The van der Waals surface area contributed by atoms with E-state index in [-0.39, 0.29) is 11.1 Å². The average molecular weight is 575 g/mol. The maximum absolute atomic E-state index is 15.4. The molecule has 0 N–H and O–H groups in total. The molecule has 0 radical (unpaired) electrons. The summed E-state index contributed by atoms with van der Waals surface area (Å²) in [6.45, 7) is -0.907. The van der Waals surface area contributed by atoms with E-state index in [0.29, 0.717) is 6.21 Å². The molecule has 40 heavy (non-hydrogen) atoms. The van der Waals surface area contributed by atoms with Crippen molar-refractivity contribution in [2.24, 2.45) is 5.16 Å². The number of ether oxygens (including phenoxy) is 2. The van der Waals surface area contributed by atoms with Crippen LogP contribution in [-0.4, -0.2) is 63.6 Å². The van der Waals surface area contributed by atoms with Crippen molar-refractivity contribution in [1.82, 2.24) is 0 Å². The van der Waals surface area contributed by atoms with Crippen LogP contribution in [0.2, 0.25) is 0 Å². The van der Waals surface area contributed by atoms with Gasteiger partial charge in [-0.15, -0.1) is 0 Å². The predicted molar refractivity (Wildman–Crippen MR) is 138 cm³/mol. The summed E-state index contributed by atoms with van der Waals surface area (Å²) in [7, 11) is -3.74. The number of halogens is 1. The minimum absolute atomic E-state index is 0.00459. The fraction of sp³-hybridized carbons (Fsp3) is 0.192. The number of nitro groups is 1. The normalized spacial score (nSPS) is 13.7. The van der Waals surface area contributed by atoms with E-state index < -0.39 is 62.5 Å². The predicted octanol–water partition coefficient (Wildman–Crippen LogP) is 3.72. The van der Waals surface area contributed by atoms with Gasteiger partial charge in [-0.1, -0.05) is 47.6 Å². The third-order valence-electron chi connectivity index (χ3n) is 5.20. The summed E-state index contributed by atoms with van der Waals surface area (Å²) in [5.41, 5.74) is -0.456. The molecule has 3 atom stereocenters. The first-order valence-electron chi connectivity index (χ1n) is 11.5. The summed E-state index contributed by atoms with van der Waals surface area (Å²) in [5, 5.41) is 14.5. The Morgan fingerprint density at radius 2 is 1.57 bits per heavy atom. The number of hydrogen-bond donors (Lipinski definition) is 0. The molecule has 0 unspecified atom stereocenters. The molecule has 3 rings (SSSR count). The lowest BCUT2D eigenvalue weighted by atomic mass is 10.1. The second-order valence-electron chi connectivity index (χ2n) is 7.93. The Labute approximate surface area is 228 Å². The van der Waals surface area contributed by atoms with Crippen LogP contribution in [0.15, 0.2) is 95.0 Å². The molecule has 0 aliphatic rings. The van der Waals surface area contributed by atoms with Gasteiger partial charge in [0.25, 0.3) is 15.8 Å². The highest BCUT2D eigenvalue weighted by atomic mass is 32.2. The molecule has 0 spiro atoms. The van der Waals surface area contributed by atoms with Crippen molar-refractivity contribution >= 4 is 34.0 Å². The minimum Gasteiger partial charge on any atom is -0.459 e. The van der Waals surface area contributed by atoms with Crippen molar-refractivity contribution in [3.63, 3.8) is 0 Å². The number of non-ortho nitro benzene ring substituents is 1. The fourth-order valence-electron chi connectivity index (χ4n) is 3.28. The first-order valence-corrected chi connectivity index (χ1v) is 12.9. The van der Waals surface area contributed by atoms with E-state index in [1.807, 2.05) is 0 Å². The van der Waals surface area contributed by atoms with Gasteiger partial charge in [0.15, 0.2) is 18.4 Å². The molecule has 14 heteroatoms. The van der Waals surface area contributed by atoms with E-state index in [1.54, 1.807) is 24.3 Å². The van der Waals surface area contributed by atoms with Gasteiger partial charge in [-0.05, 0) is 30.3 Å². The van der Waals surface area contributed by atoms with Crippen LogP contribution in [0.5, 0.6) is 0 Å². The highest BCUT2D eigenvalue weighted by molar-refractivity contribution is 7.86. The maximum atomic E-state index is 15.4. The quantitative estimate of drug-likeness (QED) is 0.0967. The van der Waals surface area contributed by atoms with Crippen LogP contribution in [0.3, 0.4) is 0 Å². The Kier molecular flexibility index (Phi) is 10.4. The zero-order chi connectivity index (χ0) is 29.1. The third-order valence-corrected chi connectivity index (χ3v) is 6.53. The number of carbonyl (C=O) groups excluding carboxylic acids is 2. The molecule has 0 saturated carbocycles. The summed E-state index contributed by atoms with van der Waals surface area (Å²) >= 11 is 0. The lowest BCUT2D eigenvalue weighted by molar-refractivity contribution is -0.385. The molecule has 0 aliphatic carbocycles. The smallest absolute Gasteiger partial charge is 0.338 e. The number of esters is 2. The van der Waals surface area contributed by atoms with Crippen LogP contribution in [0.4, 0.5) is 10.1 Å². The molecule has 0 saturated heterocycles. The van der Waals surface area contributed by atoms with Gasteiger partial charge in [0.05, 0.1) is 22.3 Å². The number of nitrogens with zero attached hydrogens (tertiary/aromatic N) is 2. The highest BCUT2D eigenvalue weighted by Crippen LogP contribution is 2.24.